The molecule has 0 bridgehead atoms. The first-order chi connectivity index (χ1) is 12.6. The quantitative estimate of drug-likeness (QED) is 0.640. The topological polar surface area (TPSA) is 68.3 Å². The monoisotopic (exact) mass is 370 g/mol. The van der Waals surface area contributed by atoms with Crippen LogP contribution in [0.4, 0.5) is 23.1 Å². The van der Waals surface area contributed by atoms with Crippen LogP contribution in [0.15, 0.2) is 48.5 Å². The van der Waals surface area contributed by atoms with Gasteiger partial charge in [0.25, 0.3) is 0 Å². The largest absolute Gasteiger partial charge is 0.497 e. The molecule has 0 amide bonds. The molecule has 0 unspecified atom stereocenters. The van der Waals surface area contributed by atoms with Gasteiger partial charge in [-0.05, 0) is 43.3 Å². The van der Waals surface area contributed by atoms with Crippen LogP contribution in [0.2, 0.25) is 5.02 Å². The highest BCUT2D eigenvalue weighted by atomic mass is 35.5. The molecule has 3 aromatic rings. The zero-order chi connectivity index (χ0) is 18.5. The van der Waals surface area contributed by atoms with Crippen molar-refractivity contribution in [2.24, 2.45) is 0 Å². The number of nitrogens with one attached hydrogen (secondary N) is 2. The third-order valence-corrected chi connectivity index (χ3v) is 3.88. The SMILES string of the molecule is COc1ccc(Nc2nc(C)cc(Nc3ccc(Cl)cc3)n2)c(OC)c1. The summed E-state index contributed by atoms with van der Waals surface area (Å²) in [5, 5.41) is 7.11. The molecule has 0 radical (unpaired) electrons. The summed E-state index contributed by atoms with van der Waals surface area (Å²) in [6.07, 6.45) is 0. The van der Waals surface area contributed by atoms with Gasteiger partial charge in [0.2, 0.25) is 5.95 Å². The van der Waals surface area contributed by atoms with Gasteiger partial charge in [0, 0.05) is 28.5 Å². The van der Waals surface area contributed by atoms with E-state index in [2.05, 4.69) is 20.6 Å². The average molecular weight is 371 g/mol. The van der Waals surface area contributed by atoms with E-state index in [4.69, 9.17) is 21.1 Å². The predicted molar refractivity (Wildman–Crippen MR) is 104 cm³/mol. The fourth-order valence-corrected chi connectivity index (χ4v) is 2.52. The van der Waals surface area contributed by atoms with Gasteiger partial charge in [-0.15, -0.1) is 0 Å². The molecule has 0 atom stereocenters. The molecule has 3 rings (SSSR count). The molecule has 0 saturated carbocycles. The molecular formula is C19H19ClN4O2. The third kappa shape index (κ3) is 4.34. The van der Waals surface area contributed by atoms with Crippen molar-refractivity contribution in [3.8, 4) is 11.5 Å². The Hall–Kier alpha value is -2.99. The second-order valence-electron chi connectivity index (χ2n) is 5.54. The minimum absolute atomic E-state index is 0.463. The van der Waals surface area contributed by atoms with E-state index in [1.165, 1.54) is 0 Å². The molecule has 0 aliphatic rings. The lowest BCUT2D eigenvalue weighted by Gasteiger charge is -2.13. The van der Waals surface area contributed by atoms with Crippen molar-refractivity contribution >= 4 is 34.7 Å². The smallest absolute Gasteiger partial charge is 0.229 e. The summed E-state index contributed by atoms with van der Waals surface area (Å²) in [6.45, 7) is 1.91. The lowest BCUT2D eigenvalue weighted by atomic mass is 10.2. The van der Waals surface area contributed by atoms with E-state index in [1.807, 2.05) is 49.4 Å². The van der Waals surface area contributed by atoms with Gasteiger partial charge in [0.1, 0.15) is 17.3 Å². The molecule has 0 aliphatic carbocycles. The summed E-state index contributed by atoms with van der Waals surface area (Å²) in [4.78, 5) is 8.94. The number of aromatic nitrogens is 2. The lowest BCUT2D eigenvalue weighted by molar-refractivity contribution is 0.395. The molecule has 26 heavy (non-hydrogen) atoms. The van der Waals surface area contributed by atoms with Crippen LogP contribution in [0.25, 0.3) is 0 Å². The molecule has 7 heteroatoms. The fraction of sp³-hybridized carbons (Fsp3) is 0.158. The lowest BCUT2D eigenvalue weighted by Crippen LogP contribution is -2.03. The van der Waals surface area contributed by atoms with E-state index in [0.717, 1.165) is 17.1 Å². The molecule has 0 spiro atoms. The van der Waals surface area contributed by atoms with Gasteiger partial charge in [0.05, 0.1) is 19.9 Å². The van der Waals surface area contributed by atoms with Crippen LogP contribution in [0.1, 0.15) is 5.69 Å². The van der Waals surface area contributed by atoms with Crippen molar-refractivity contribution in [1.82, 2.24) is 9.97 Å². The maximum absolute atomic E-state index is 5.92. The van der Waals surface area contributed by atoms with Gasteiger partial charge in [-0.1, -0.05) is 11.6 Å². The van der Waals surface area contributed by atoms with Crippen LogP contribution in [0, 0.1) is 6.92 Å². The molecule has 1 heterocycles. The summed E-state index contributed by atoms with van der Waals surface area (Å²) in [5.41, 5.74) is 2.46. The Balaban J connectivity index is 1.85. The van der Waals surface area contributed by atoms with Crippen molar-refractivity contribution in [2.45, 2.75) is 6.92 Å². The highest BCUT2D eigenvalue weighted by Gasteiger charge is 2.09. The Morgan fingerprint density at radius 3 is 2.35 bits per heavy atom. The number of aryl methyl sites for hydroxylation is 1. The Morgan fingerprint density at radius 2 is 1.65 bits per heavy atom. The Labute approximate surface area is 157 Å². The van der Waals surface area contributed by atoms with Gasteiger partial charge in [-0.25, -0.2) is 4.98 Å². The number of methoxy groups -OCH3 is 2. The van der Waals surface area contributed by atoms with Crippen LogP contribution in [0.5, 0.6) is 11.5 Å². The maximum Gasteiger partial charge on any atom is 0.229 e. The number of nitrogens with zero attached hydrogens (tertiary/aromatic N) is 2. The van der Waals surface area contributed by atoms with Gasteiger partial charge >= 0.3 is 0 Å². The van der Waals surface area contributed by atoms with Gasteiger partial charge in [0.15, 0.2) is 0 Å². The molecule has 2 aromatic carbocycles. The van der Waals surface area contributed by atoms with E-state index in [1.54, 1.807) is 20.3 Å². The molecule has 6 nitrogen and oxygen atoms in total. The Bertz CT molecular complexity index is 901. The zero-order valence-corrected chi connectivity index (χ0v) is 15.5. The highest BCUT2D eigenvalue weighted by molar-refractivity contribution is 6.30. The minimum Gasteiger partial charge on any atom is -0.497 e. The van der Waals surface area contributed by atoms with Crippen LogP contribution in [-0.4, -0.2) is 24.2 Å². The molecule has 0 aliphatic heterocycles. The molecule has 0 saturated heterocycles. The number of hydrogen-bond acceptors (Lipinski definition) is 6. The number of ether oxygens (including phenoxy) is 2. The van der Waals surface area contributed by atoms with E-state index < -0.39 is 0 Å². The van der Waals surface area contributed by atoms with E-state index in [-0.39, 0.29) is 0 Å². The average Bonchev–Trinajstić information content (AvgIpc) is 2.63. The van der Waals surface area contributed by atoms with Crippen molar-refractivity contribution in [3.63, 3.8) is 0 Å². The molecular weight excluding hydrogens is 352 g/mol. The zero-order valence-electron chi connectivity index (χ0n) is 14.7. The molecule has 0 fully saturated rings. The second-order valence-corrected chi connectivity index (χ2v) is 5.98. The first kappa shape index (κ1) is 17.8. The van der Waals surface area contributed by atoms with Crippen molar-refractivity contribution in [1.29, 1.82) is 0 Å². The summed E-state index contributed by atoms with van der Waals surface area (Å²) >= 11 is 5.92. The standard InChI is InChI=1S/C19H19ClN4O2/c1-12-10-18(22-14-6-4-13(20)5-7-14)24-19(21-12)23-16-9-8-15(25-2)11-17(16)26-3/h4-11H,1-3H3,(H2,21,22,23,24). The van der Waals surface area contributed by atoms with Crippen LogP contribution < -0.4 is 20.1 Å². The summed E-state index contributed by atoms with van der Waals surface area (Å²) in [7, 11) is 3.21. The van der Waals surface area contributed by atoms with Gasteiger partial charge in [-0.2, -0.15) is 4.98 Å². The Morgan fingerprint density at radius 1 is 0.885 bits per heavy atom. The Kier molecular flexibility index (Phi) is 5.43. The van der Waals surface area contributed by atoms with Crippen molar-refractivity contribution < 1.29 is 9.47 Å². The first-order valence-corrected chi connectivity index (χ1v) is 8.32. The predicted octanol–water partition coefficient (Wildman–Crippen LogP) is 4.94. The maximum atomic E-state index is 5.92. The fourth-order valence-electron chi connectivity index (χ4n) is 2.39. The summed E-state index contributed by atoms with van der Waals surface area (Å²) < 4.78 is 10.6. The molecule has 1 aromatic heterocycles. The van der Waals surface area contributed by atoms with E-state index >= 15 is 0 Å². The normalized spacial score (nSPS) is 10.3. The van der Waals surface area contributed by atoms with Crippen molar-refractivity contribution in [3.05, 3.63) is 59.2 Å². The highest BCUT2D eigenvalue weighted by Crippen LogP contribution is 2.31. The summed E-state index contributed by atoms with van der Waals surface area (Å²) in [6, 6.07) is 14.8. The van der Waals surface area contributed by atoms with Crippen LogP contribution in [-0.2, 0) is 0 Å². The van der Waals surface area contributed by atoms with E-state index in [0.29, 0.717) is 28.3 Å². The van der Waals surface area contributed by atoms with Crippen molar-refractivity contribution in [2.75, 3.05) is 24.9 Å². The van der Waals surface area contributed by atoms with E-state index in [9.17, 15) is 0 Å². The van der Waals surface area contributed by atoms with Crippen LogP contribution in [0.3, 0.4) is 0 Å². The van der Waals surface area contributed by atoms with Gasteiger partial charge < -0.3 is 20.1 Å². The number of benzene rings is 2. The molecule has 2 N–H and O–H groups in total. The molecule has 134 valence electrons. The number of halogens is 1. The minimum atomic E-state index is 0.463. The van der Waals surface area contributed by atoms with Crippen LogP contribution >= 0.6 is 11.6 Å². The number of anilines is 4. The summed E-state index contributed by atoms with van der Waals surface area (Å²) in [5.74, 6) is 2.49. The second kappa shape index (κ2) is 7.93. The first-order valence-electron chi connectivity index (χ1n) is 7.94. The number of hydrogen-bond donors (Lipinski definition) is 2. The van der Waals surface area contributed by atoms with Gasteiger partial charge in [-0.3, -0.25) is 0 Å². The number of rotatable bonds is 6. The third-order valence-electron chi connectivity index (χ3n) is 3.63.